The Morgan fingerprint density at radius 1 is 1.22 bits per heavy atom. The fourth-order valence-corrected chi connectivity index (χ4v) is 3.44. The molecular formula is C21H27N3O3. The van der Waals surface area contributed by atoms with Crippen LogP contribution in [0.3, 0.4) is 0 Å². The highest BCUT2D eigenvalue weighted by Crippen LogP contribution is 2.21. The summed E-state index contributed by atoms with van der Waals surface area (Å²) in [5.74, 6) is 0.00753. The summed E-state index contributed by atoms with van der Waals surface area (Å²) in [6, 6.07) is 9.09. The van der Waals surface area contributed by atoms with E-state index in [0.717, 1.165) is 37.9 Å². The fourth-order valence-electron chi connectivity index (χ4n) is 3.44. The Bertz CT molecular complexity index is 799. The lowest BCUT2D eigenvalue weighted by Crippen LogP contribution is -2.41. The number of anilines is 1. The van der Waals surface area contributed by atoms with Crippen LogP contribution in [0.5, 0.6) is 0 Å². The van der Waals surface area contributed by atoms with E-state index in [-0.39, 0.29) is 17.6 Å². The number of likely N-dealkylation sites (N-methyl/N-ethyl adjacent to an activating group) is 1. The standard InChI is InChI=1S/C21H27N3O3/c1-15-13-16(9-10-18(15)22-20(25)19-8-6-12-27-19)21(26)24-11-5-4-7-17(14-24)23(2)3/h6,8-10,12-13,17H,4-5,7,11,14H2,1-3H3,(H,22,25)/t17-/m0/s1. The molecule has 1 fully saturated rings. The van der Waals surface area contributed by atoms with Crippen LogP contribution in [-0.2, 0) is 0 Å². The van der Waals surface area contributed by atoms with Crippen LogP contribution in [0.1, 0.15) is 45.7 Å². The van der Waals surface area contributed by atoms with Gasteiger partial charge in [-0.15, -0.1) is 0 Å². The summed E-state index contributed by atoms with van der Waals surface area (Å²) in [7, 11) is 4.14. The molecule has 1 N–H and O–H groups in total. The molecule has 1 aliphatic heterocycles. The van der Waals surface area contributed by atoms with Crippen molar-refractivity contribution in [1.82, 2.24) is 9.80 Å². The van der Waals surface area contributed by atoms with Gasteiger partial charge in [0.05, 0.1) is 6.26 Å². The number of carbonyl (C=O) groups is 2. The summed E-state index contributed by atoms with van der Waals surface area (Å²) < 4.78 is 5.11. The molecule has 1 saturated heterocycles. The van der Waals surface area contributed by atoms with Crippen LogP contribution >= 0.6 is 0 Å². The molecule has 2 aromatic rings. The fraction of sp³-hybridized carbons (Fsp3) is 0.429. The molecule has 0 aliphatic carbocycles. The van der Waals surface area contributed by atoms with E-state index in [9.17, 15) is 9.59 Å². The molecule has 6 heteroatoms. The maximum absolute atomic E-state index is 13.0. The number of benzene rings is 1. The van der Waals surface area contributed by atoms with E-state index in [1.54, 1.807) is 24.3 Å². The highest BCUT2D eigenvalue weighted by Gasteiger charge is 2.24. The lowest BCUT2D eigenvalue weighted by Gasteiger charge is -2.28. The third-order valence-corrected chi connectivity index (χ3v) is 5.13. The van der Waals surface area contributed by atoms with Crippen LogP contribution in [0.2, 0.25) is 0 Å². The summed E-state index contributed by atoms with van der Waals surface area (Å²) in [6.07, 6.45) is 4.76. The zero-order chi connectivity index (χ0) is 19.4. The van der Waals surface area contributed by atoms with E-state index in [0.29, 0.717) is 17.3 Å². The summed E-state index contributed by atoms with van der Waals surface area (Å²) in [5.41, 5.74) is 2.18. The predicted octanol–water partition coefficient (Wildman–Crippen LogP) is 3.40. The van der Waals surface area contributed by atoms with Crippen LogP contribution in [0.15, 0.2) is 41.0 Å². The number of amides is 2. The molecule has 1 aliphatic rings. The highest BCUT2D eigenvalue weighted by molar-refractivity contribution is 6.03. The van der Waals surface area contributed by atoms with E-state index >= 15 is 0 Å². The predicted molar refractivity (Wildman–Crippen MR) is 105 cm³/mol. The van der Waals surface area contributed by atoms with Crippen molar-refractivity contribution >= 4 is 17.5 Å². The molecule has 2 heterocycles. The molecular weight excluding hydrogens is 342 g/mol. The third kappa shape index (κ3) is 4.57. The largest absolute Gasteiger partial charge is 0.459 e. The van der Waals surface area contributed by atoms with Crippen molar-refractivity contribution in [3.8, 4) is 0 Å². The second kappa shape index (κ2) is 8.39. The van der Waals surface area contributed by atoms with Crippen molar-refractivity contribution in [1.29, 1.82) is 0 Å². The van der Waals surface area contributed by atoms with Crippen LogP contribution in [0.25, 0.3) is 0 Å². The molecule has 0 bridgehead atoms. The number of nitrogens with zero attached hydrogens (tertiary/aromatic N) is 2. The van der Waals surface area contributed by atoms with Crippen molar-refractivity contribution in [2.45, 2.75) is 32.2 Å². The van der Waals surface area contributed by atoms with Crippen LogP contribution in [0, 0.1) is 6.92 Å². The Hall–Kier alpha value is -2.60. The molecule has 0 radical (unpaired) electrons. The van der Waals surface area contributed by atoms with Crippen molar-refractivity contribution in [2.24, 2.45) is 0 Å². The number of carbonyl (C=O) groups excluding carboxylic acids is 2. The molecule has 0 saturated carbocycles. The number of nitrogens with one attached hydrogen (secondary N) is 1. The van der Waals surface area contributed by atoms with Crippen molar-refractivity contribution < 1.29 is 14.0 Å². The van der Waals surface area contributed by atoms with Gasteiger partial charge < -0.3 is 19.5 Å². The number of hydrogen-bond donors (Lipinski definition) is 1. The molecule has 2 amide bonds. The molecule has 3 rings (SSSR count). The van der Waals surface area contributed by atoms with Gasteiger partial charge in [-0.1, -0.05) is 6.42 Å². The van der Waals surface area contributed by atoms with Crippen LogP contribution in [0.4, 0.5) is 5.69 Å². The van der Waals surface area contributed by atoms with Crippen LogP contribution < -0.4 is 5.32 Å². The second-order valence-electron chi connectivity index (χ2n) is 7.33. The SMILES string of the molecule is Cc1cc(C(=O)N2CCCC[C@H](N(C)C)C2)ccc1NC(=O)c1ccco1. The average molecular weight is 369 g/mol. The Kier molecular flexibility index (Phi) is 5.96. The smallest absolute Gasteiger partial charge is 0.291 e. The number of likely N-dealkylation sites (tertiary alicyclic amines) is 1. The first-order chi connectivity index (χ1) is 13.0. The Morgan fingerprint density at radius 2 is 2.04 bits per heavy atom. The van der Waals surface area contributed by atoms with Crippen molar-refractivity contribution in [3.05, 3.63) is 53.5 Å². The third-order valence-electron chi connectivity index (χ3n) is 5.13. The summed E-state index contributed by atoms with van der Waals surface area (Å²) in [6.45, 7) is 3.43. The van der Waals surface area contributed by atoms with Gasteiger partial charge in [-0.05, 0) is 69.8 Å². The van der Waals surface area contributed by atoms with Gasteiger partial charge in [0.25, 0.3) is 11.8 Å². The maximum atomic E-state index is 13.0. The van der Waals surface area contributed by atoms with E-state index < -0.39 is 0 Å². The lowest BCUT2D eigenvalue weighted by atomic mass is 10.1. The Morgan fingerprint density at radius 3 is 2.70 bits per heavy atom. The maximum Gasteiger partial charge on any atom is 0.291 e. The van der Waals surface area contributed by atoms with Gasteiger partial charge in [0.2, 0.25) is 0 Å². The molecule has 1 aromatic carbocycles. The quantitative estimate of drug-likeness (QED) is 0.897. The molecule has 0 spiro atoms. The number of furan rings is 1. The molecule has 6 nitrogen and oxygen atoms in total. The summed E-state index contributed by atoms with van der Waals surface area (Å²) in [4.78, 5) is 29.3. The second-order valence-corrected chi connectivity index (χ2v) is 7.33. The molecule has 0 unspecified atom stereocenters. The van der Waals surface area contributed by atoms with E-state index in [4.69, 9.17) is 4.42 Å². The zero-order valence-corrected chi connectivity index (χ0v) is 16.2. The number of rotatable bonds is 4. The number of hydrogen-bond acceptors (Lipinski definition) is 4. The van der Waals surface area contributed by atoms with Gasteiger partial charge in [-0.25, -0.2) is 0 Å². The van der Waals surface area contributed by atoms with Gasteiger partial charge in [-0.2, -0.15) is 0 Å². The highest BCUT2D eigenvalue weighted by atomic mass is 16.3. The topological polar surface area (TPSA) is 65.8 Å². The average Bonchev–Trinajstić information content (AvgIpc) is 3.07. The minimum Gasteiger partial charge on any atom is -0.459 e. The molecule has 1 atom stereocenters. The van der Waals surface area contributed by atoms with Gasteiger partial charge in [0.1, 0.15) is 0 Å². The van der Waals surface area contributed by atoms with Crippen molar-refractivity contribution in [2.75, 3.05) is 32.5 Å². The molecule has 144 valence electrons. The molecule has 27 heavy (non-hydrogen) atoms. The first kappa shape index (κ1) is 19.2. The summed E-state index contributed by atoms with van der Waals surface area (Å²) >= 11 is 0. The minimum atomic E-state index is -0.302. The van der Waals surface area contributed by atoms with Gasteiger partial charge in [-0.3, -0.25) is 9.59 Å². The Labute approximate surface area is 160 Å². The molecule has 1 aromatic heterocycles. The lowest BCUT2D eigenvalue weighted by molar-refractivity contribution is 0.0725. The normalized spacial score (nSPS) is 17.6. The summed E-state index contributed by atoms with van der Waals surface area (Å²) in [5, 5.41) is 2.83. The van der Waals surface area contributed by atoms with Gasteiger partial charge in [0.15, 0.2) is 5.76 Å². The van der Waals surface area contributed by atoms with E-state index in [2.05, 4.69) is 24.3 Å². The van der Waals surface area contributed by atoms with Crippen molar-refractivity contribution in [3.63, 3.8) is 0 Å². The van der Waals surface area contributed by atoms with Crippen LogP contribution in [-0.4, -0.2) is 54.8 Å². The Balaban J connectivity index is 1.72. The zero-order valence-electron chi connectivity index (χ0n) is 16.2. The van der Waals surface area contributed by atoms with Gasteiger partial charge in [0, 0.05) is 30.4 Å². The monoisotopic (exact) mass is 369 g/mol. The first-order valence-electron chi connectivity index (χ1n) is 9.37. The van der Waals surface area contributed by atoms with E-state index in [1.807, 2.05) is 17.9 Å². The minimum absolute atomic E-state index is 0.0516. The van der Waals surface area contributed by atoms with Gasteiger partial charge >= 0.3 is 0 Å². The number of aryl methyl sites for hydroxylation is 1. The first-order valence-corrected chi connectivity index (χ1v) is 9.37. The van der Waals surface area contributed by atoms with E-state index in [1.165, 1.54) is 6.26 Å².